The van der Waals surface area contributed by atoms with Crippen LogP contribution in [0.5, 0.6) is 11.5 Å². The molecule has 36 heavy (non-hydrogen) atoms. The van der Waals surface area contributed by atoms with Crippen LogP contribution >= 0.6 is 0 Å². The van der Waals surface area contributed by atoms with Crippen LogP contribution < -0.4 is 9.47 Å². The Hall–Kier alpha value is -3.31. The summed E-state index contributed by atoms with van der Waals surface area (Å²) < 4.78 is 11.1. The van der Waals surface area contributed by atoms with Gasteiger partial charge in [-0.1, -0.05) is 67.9 Å². The molecular formula is C31H36N2O3. The first-order chi connectivity index (χ1) is 17.5. The van der Waals surface area contributed by atoms with Crippen LogP contribution in [0.15, 0.2) is 72.8 Å². The number of fused-ring (bicyclic) bond motifs is 1. The maximum absolute atomic E-state index is 13.6. The third-order valence-electron chi connectivity index (χ3n) is 7.21. The molecule has 3 aromatic rings. The molecule has 0 saturated carbocycles. The molecule has 3 aromatic carbocycles. The Balaban J connectivity index is 1.36. The van der Waals surface area contributed by atoms with Crippen molar-refractivity contribution < 1.29 is 14.3 Å². The van der Waals surface area contributed by atoms with Crippen LogP contribution in [0.4, 0.5) is 0 Å². The van der Waals surface area contributed by atoms with E-state index in [2.05, 4.69) is 73.0 Å². The fourth-order valence-electron chi connectivity index (χ4n) is 5.49. The van der Waals surface area contributed by atoms with Crippen molar-refractivity contribution in [1.29, 1.82) is 0 Å². The first kappa shape index (κ1) is 24.4. The minimum absolute atomic E-state index is 0.129. The van der Waals surface area contributed by atoms with Crippen LogP contribution in [0, 0.1) is 18.8 Å². The van der Waals surface area contributed by atoms with Gasteiger partial charge in [0, 0.05) is 44.2 Å². The average molecular weight is 485 g/mol. The summed E-state index contributed by atoms with van der Waals surface area (Å²) in [7, 11) is 0. The van der Waals surface area contributed by atoms with Gasteiger partial charge in [-0.3, -0.25) is 9.69 Å². The quantitative estimate of drug-likeness (QED) is 0.409. The van der Waals surface area contributed by atoms with Gasteiger partial charge in [-0.15, -0.1) is 0 Å². The molecule has 2 atom stereocenters. The third-order valence-corrected chi connectivity index (χ3v) is 7.21. The number of amides is 1. The van der Waals surface area contributed by atoms with E-state index >= 15 is 0 Å². The third kappa shape index (κ3) is 5.57. The van der Waals surface area contributed by atoms with Crippen molar-refractivity contribution in [2.45, 2.75) is 33.2 Å². The fourth-order valence-corrected chi connectivity index (χ4v) is 5.49. The zero-order valence-electron chi connectivity index (χ0n) is 21.5. The van der Waals surface area contributed by atoms with E-state index in [1.807, 2.05) is 30.3 Å². The van der Waals surface area contributed by atoms with Crippen molar-refractivity contribution >= 4 is 5.91 Å². The summed E-state index contributed by atoms with van der Waals surface area (Å²) in [4.78, 5) is 18.2. The summed E-state index contributed by atoms with van der Waals surface area (Å²) >= 11 is 0. The molecule has 2 aliphatic heterocycles. The molecule has 0 aliphatic carbocycles. The Kier molecular flexibility index (Phi) is 7.28. The Morgan fingerprint density at radius 2 is 1.72 bits per heavy atom. The van der Waals surface area contributed by atoms with Crippen LogP contribution in [0.25, 0.3) is 0 Å². The van der Waals surface area contributed by atoms with Crippen molar-refractivity contribution in [3.05, 3.63) is 95.1 Å². The highest BCUT2D eigenvalue weighted by Crippen LogP contribution is 2.36. The standard InChI is InChI=1S/C31H36N2O3/c1-22(2)16-33(31(34)26-12-9-23(3)10-13-26)19-27-18-32(20-28(27)25-7-5-4-6-8-25)17-24-11-14-29-30(15-24)36-21-35-29/h4-15,22,27-28H,16-21H2,1-3H3. The SMILES string of the molecule is Cc1ccc(C(=O)N(CC(C)C)CC2CN(Cc3ccc4c(c3)OCO4)CC2c2ccccc2)cc1. The van der Waals surface area contributed by atoms with Crippen LogP contribution in [0.1, 0.15) is 46.8 Å². The van der Waals surface area contributed by atoms with Crippen LogP contribution in [0.3, 0.4) is 0 Å². The molecule has 0 aromatic heterocycles. The summed E-state index contributed by atoms with van der Waals surface area (Å²) in [6.45, 7) is 11.0. The molecule has 1 saturated heterocycles. The Morgan fingerprint density at radius 3 is 2.47 bits per heavy atom. The number of hydrogen-bond donors (Lipinski definition) is 0. The highest BCUT2D eigenvalue weighted by Gasteiger charge is 2.36. The fraction of sp³-hybridized carbons (Fsp3) is 0.387. The van der Waals surface area contributed by atoms with E-state index in [9.17, 15) is 4.79 Å². The number of carbonyl (C=O) groups is 1. The summed E-state index contributed by atoms with van der Waals surface area (Å²) in [5.41, 5.74) is 4.51. The smallest absolute Gasteiger partial charge is 0.253 e. The number of benzene rings is 3. The lowest BCUT2D eigenvalue weighted by Gasteiger charge is -2.30. The molecule has 2 aliphatic rings. The van der Waals surface area contributed by atoms with Gasteiger partial charge >= 0.3 is 0 Å². The Labute approximate surface area is 214 Å². The van der Waals surface area contributed by atoms with Crippen molar-refractivity contribution in [2.24, 2.45) is 11.8 Å². The molecule has 0 bridgehead atoms. The molecule has 2 heterocycles. The lowest BCUT2D eigenvalue weighted by Crippen LogP contribution is -2.39. The second-order valence-electron chi connectivity index (χ2n) is 10.6. The molecule has 1 fully saturated rings. The molecular weight excluding hydrogens is 448 g/mol. The predicted molar refractivity (Wildman–Crippen MR) is 142 cm³/mol. The normalized spacial score (nSPS) is 19.1. The molecule has 5 heteroatoms. The van der Waals surface area contributed by atoms with Gasteiger partial charge in [0.2, 0.25) is 6.79 Å². The molecule has 5 nitrogen and oxygen atoms in total. The van der Waals surface area contributed by atoms with Crippen LogP contribution in [-0.4, -0.2) is 48.7 Å². The molecule has 188 valence electrons. The van der Waals surface area contributed by atoms with Gasteiger partial charge in [-0.2, -0.15) is 0 Å². The van der Waals surface area contributed by atoms with Gasteiger partial charge in [-0.25, -0.2) is 0 Å². The van der Waals surface area contributed by atoms with Gasteiger partial charge < -0.3 is 14.4 Å². The molecule has 0 spiro atoms. The summed E-state index contributed by atoms with van der Waals surface area (Å²) in [6.07, 6.45) is 0. The van der Waals surface area contributed by atoms with Crippen LogP contribution in [0.2, 0.25) is 0 Å². The second kappa shape index (κ2) is 10.8. The number of rotatable bonds is 8. The molecule has 2 unspecified atom stereocenters. The van der Waals surface area contributed by atoms with Crippen molar-refractivity contribution in [2.75, 3.05) is 33.0 Å². The largest absolute Gasteiger partial charge is 0.454 e. The van der Waals surface area contributed by atoms with Gasteiger partial charge in [-0.05, 0) is 54.2 Å². The minimum Gasteiger partial charge on any atom is -0.454 e. The first-order valence-corrected chi connectivity index (χ1v) is 13.0. The molecule has 0 N–H and O–H groups in total. The van der Waals surface area contributed by atoms with Gasteiger partial charge in [0.05, 0.1) is 0 Å². The summed E-state index contributed by atoms with van der Waals surface area (Å²) in [6, 6.07) is 25.0. The maximum Gasteiger partial charge on any atom is 0.253 e. The van der Waals surface area contributed by atoms with E-state index in [1.165, 1.54) is 16.7 Å². The van der Waals surface area contributed by atoms with E-state index in [-0.39, 0.29) is 5.91 Å². The van der Waals surface area contributed by atoms with E-state index in [1.54, 1.807) is 0 Å². The lowest BCUT2D eigenvalue weighted by molar-refractivity contribution is 0.0703. The van der Waals surface area contributed by atoms with Crippen molar-refractivity contribution in [1.82, 2.24) is 9.80 Å². The van der Waals surface area contributed by atoms with E-state index in [0.717, 1.165) is 49.8 Å². The zero-order chi connectivity index (χ0) is 25.1. The highest BCUT2D eigenvalue weighted by molar-refractivity contribution is 5.94. The molecule has 0 radical (unpaired) electrons. The topological polar surface area (TPSA) is 42.0 Å². The van der Waals surface area contributed by atoms with Gasteiger partial charge in [0.25, 0.3) is 5.91 Å². The lowest BCUT2D eigenvalue weighted by atomic mass is 9.88. The van der Waals surface area contributed by atoms with Crippen LogP contribution in [-0.2, 0) is 6.54 Å². The number of hydrogen-bond acceptors (Lipinski definition) is 4. The number of aryl methyl sites for hydroxylation is 1. The van der Waals surface area contributed by atoms with E-state index in [4.69, 9.17) is 9.47 Å². The zero-order valence-corrected chi connectivity index (χ0v) is 21.5. The van der Waals surface area contributed by atoms with Crippen molar-refractivity contribution in [3.63, 3.8) is 0 Å². The number of nitrogens with zero attached hydrogens (tertiary/aromatic N) is 2. The van der Waals surface area contributed by atoms with Gasteiger partial charge in [0.15, 0.2) is 11.5 Å². The first-order valence-electron chi connectivity index (χ1n) is 13.0. The van der Waals surface area contributed by atoms with E-state index < -0.39 is 0 Å². The predicted octanol–water partition coefficient (Wildman–Crippen LogP) is 5.74. The summed E-state index contributed by atoms with van der Waals surface area (Å²) in [5.74, 6) is 2.91. The number of carbonyl (C=O) groups excluding carboxylic acids is 1. The Bertz CT molecular complexity index is 1180. The summed E-state index contributed by atoms with van der Waals surface area (Å²) in [5, 5.41) is 0. The monoisotopic (exact) mass is 484 g/mol. The second-order valence-corrected chi connectivity index (χ2v) is 10.6. The maximum atomic E-state index is 13.6. The highest BCUT2D eigenvalue weighted by atomic mass is 16.7. The molecule has 5 rings (SSSR count). The Morgan fingerprint density at radius 1 is 0.972 bits per heavy atom. The average Bonchev–Trinajstić information content (AvgIpc) is 3.50. The minimum atomic E-state index is 0.129. The van der Waals surface area contributed by atoms with E-state index in [0.29, 0.717) is 24.5 Å². The van der Waals surface area contributed by atoms with Crippen molar-refractivity contribution in [3.8, 4) is 11.5 Å². The van der Waals surface area contributed by atoms with Gasteiger partial charge in [0.1, 0.15) is 0 Å². The number of likely N-dealkylation sites (tertiary alicyclic amines) is 1. The molecule has 1 amide bonds. The number of ether oxygens (including phenoxy) is 2.